The maximum atomic E-state index is 12.0. The lowest BCUT2D eigenvalue weighted by atomic mass is 9.75. The largest absolute Gasteiger partial charge is 0.273 e. The summed E-state index contributed by atoms with van der Waals surface area (Å²) in [5, 5.41) is 4.38. The zero-order valence-electron chi connectivity index (χ0n) is 12.2. The molecule has 0 radical (unpaired) electrons. The number of thiophene rings is 1. The minimum Gasteiger partial charge on any atom is -0.273 e. The molecule has 0 saturated heterocycles. The van der Waals surface area contributed by atoms with E-state index in [9.17, 15) is 4.79 Å². The molecule has 1 amide bonds. The molecule has 0 bridgehead atoms. The molecule has 2 atom stereocenters. The third kappa shape index (κ3) is 2.35. The Morgan fingerprint density at radius 1 is 1.05 bits per heavy atom. The van der Waals surface area contributed by atoms with Gasteiger partial charge in [0.1, 0.15) is 0 Å². The molecule has 1 saturated carbocycles. The molecule has 2 aromatic heterocycles. The number of nitrogens with zero attached hydrogens (tertiary/aromatic N) is 2. The molecule has 4 rings (SSSR count). The molecule has 2 aromatic rings. The summed E-state index contributed by atoms with van der Waals surface area (Å²) in [4.78, 5) is 18.7. The first-order chi connectivity index (χ1) is 10.8. The van der Waals surface area contributed by atoms with Gasteiger partial charge >= 0.3 is 0 Å². The maximum absolute atomic E-state index is 12.0. The van der Waals surface area contributed by atoms with Gasteiger partial charge in [-0.15, -0.1) is 11.3 Å². The monoisotopic (exact) mass is 311 g/mol. The number of pyridine rings is 1. The molecule has 1 fully saturated rings. The summed E-state index contributed by atoms with van der Waals surface area (Å²) in [7, 11) is 0. The fourth-order valence-electron chi connectivity index (χ4n) is 3.41. The fourth-order valence-corrected chi connectivity index (χ4v) is 4.45. The van der Waals surface area contributed by atoms with E-state index in [0.717, 1.165) is 40.4 Å². The van der Waals surface area contributed by atoms with E-state index >= 15 is 0 Å². The SMILES string of the molecule is O=C1NN=C(c2ccc(-c3ccccn3)s2)C2CCCCC12. The summed E-state index contributed by atoms with van der Waals surface area (Å²) in [5.41, 5.74) is 4.76. The van der Waals surface area contributed by atoms with Gasteiger partial charge in [-0.1, -0.05) is 18.9 Å². The van der Waals surface area contributed by atoms with Crippen LogP contribution in [0.25, 0.3) is 10.6 Å². The summed E-state index contributed by atoms with van der Waals surface area (Å²) in [6.07, 6.45) is 6.18. The van der Waals surface area contributed by atoms with Crippen molar-refractivity contribution in [2.45, 2.75) is 25.7 Å². The van der Waals surface area contributed by atoms with E-state index in [0.29, 0.717) is 0 Å². The van der Waals surface area contributed by atoms with Crippen LogP contribution < -0.4 is 5.43 Å². The smallest absolute Gasteiger partial charge is 0.243 e. The van der Waals surface area contributed by atoms with Crippen molar-refractivity contribution in [3.8, 4) is 10.6 Å². The number of hydrogen-bond acceptors (Lipinski definition) is 4. The van der Waals surface area contributed by atoms with E-state index in [-0.39, 0.29) is 17.7 Å². The van der Waals surface area contributed by atoms with Gasteiger partial charge in [0.2, 0.25) is 5.91 Å². The van der Waals surface area contributed by atoms with Crippen LogP contribution in [0.3, 0.4) is 0 Å². The van der Waals surface area contributed by atoms with Crippen molar-refractivity contribution < 1.29 is 4.79 Å². The average Bonchev–Trinajstić information content (AvgIpc) is 3.06. The van der Waals surface area contributed by atoms with E-state index in [1.165, 1.54) is 6.42 Å². The number of carbonyl (C=O) groups is 1. The van der Waals surface area contributed by atoms with Crippen molar-refractivity contribution in [1.82, 2.24) is 10.4 Å². The zero-order valence-corrected chi connectivity index (χ0v) is 13.0. The first-order valence-corrected chi connectivity index (χ1v) is 8.53. The van der Waals surface area contributed by atoms with Gasteiger partial charge in [0.25, 0.3) is 0 Å². The highest BCUT2D eigenvalue weighted by Crippen LogP contribution is 2.37. The van der Waals surface area contributed by atoms with Gasteiger partial charge in [-0.2, -0.15) is 5.10 Å². The number of hydrazone groups is 1. The van der Waals surface area contributed by atoms with Gasteiger partial charge in [0.15, 0.2) is 0 Å². The molecule has 1 N–H and O–H groups in total. The second kappa shape index (κ2) is 5.65. The third-order valence-corrected chi connectivity index (χ3v) is 5.65. The molecule has 3 heterocycles. The summed E-state index contributed by atoms with van der Waals surface area (Å²) in [5.74, 6) is 0.467. The van der Waals surface area contributed by atoms with Crippen LogP contribution in [0.1, 0.15) is 30.6 Å². The maximum Gasteiger partial charge on any atom is 0.243 e. The number of carbonyl (C=O) groups excluding carboxylic acids is 1. The first kappa shape index (κ1) is 13.6. The summed E-state index contributed by atoms with van der Waals surface area (Å²) >= 11 is 1.70. The van der Waals surface area contributed by atoms with Crippen LogP contribution in [0.2, 0.25) is 0 Å². The highest BCUT2D eigenvalue weighted by atomic mass is 32.1. The summed E-state index contributed by atoms with van der Waals surface area (Å²) < 4.78 is 0. The van der Waals surface area contributed by atoms with Crippen LogP contribution in [0.5, 0.6) is 0 Å². The predicted molar refractivity (Wildman–Crippen MR) is 87.7 cm³/mol. The summed E-state index contributed by atoms with van der Waals surface area (Å²) in [6, 6.07) is 10.1. The fraction of sp³-hybridized carbons (Fsp3) is 0.353. The Balaban J connectivity index is 1.67. The molecule has 2 unspecified atom stereocenters. The standard InChI is InChI=1S/C17H17N3OS/c21-17-12-6-2-1-5-11(12)16(19-20-17)15-9-8-14(22-15)13-7-3-4-10-18-13/h3-4,7-12H,1-2,5-6H2,(H,20,21). The lowest BCUT2D eigenvalue weighted by Crippen LogP contribution is -2.43. The Hall–Kier alpha value is -2.01. The Morgan fingerprint density at radius 3 is 2.68 bits per heavy atom. The van der Waals surface area contributed by atoms with E-state index in [1.807, 2.05) is 24.4 Å². The van der Waals surface area contributed by atoms with Gasteiger partial charge in [0, 0.05) is 18.0 Å². The van der Waals surface area contributed by atoms with E-state index in [1.54, 1.807) is 11.3 Å². The molecule has 4 nitrogen and oxygen atoms in total. The zero-order chi connectivity index (χ0) is 14.9. The molecule has 22 heavy (non-hydrogen) atoms. The van der Waals surface area contributed by atoms with Crippen LogP contribution in [0.15, 0.2) is 41.6 Å². The van der Waals surface area contributed by atoms with Crippen molar-refractivity contribution >= 4 is 23.0 Å². The topological polar surface area (TPSA) is 54.4 Å². The average molecular weight is 311 g/mol. The molecule has 2 aliphatic rings. The van der Waals surface area contributed by atoms with Gasteiger partial charge in [-0.25, -0.2) is 5.43 Å². The first-order valence-electron chi connectivity index (χ1n) is 7.72. The molecule has 5 heteroatoms. The van der Waals surface area contributed by atoms with Gasteiger partial charge in [-0.05, 0) is 37.1 Å². The number of fused-ring (bicyclic) bond motifs is 1. The molecule has 1 aliphatic carbocycles. The number of hydrogen-bond donors (Lipinski definition) is 1. The van der Waals surface area contributed by atoms with Crippen LogP contribution in [-0.4, -0.2) is 16.6 Å². The number of aromatic nitrogens is 1. The minimum absolute atomic E-state index is 0.0926. The highest BCUT2D eigenvalue weighted by molar-refractivity contribution is 7.17. The van der Waals surface area contributed by atoms with Crippen LogP contribution >= 0.6 is 11.3 Å². The molecule has 1 aliphatic heterocycles. The van der Waals surface area contributed by atoms with Crippen molar-refractivity contribution in [3.63, 3.8) is 0 Å². The second-order valence-corrected chi connectivity index (χ2v) is 6.93. The second-order valence-electron chi connectivity index (χ2n) is 5.85. The quantitative estimate of drug-likeness (QED) is 0.923. The lowest BCUT2D eigenvalue weighted by Gasteiger charge is -2.33. The Labute approximate surface area is 133 Å². The normalized spacial score (nSPS) is 24.4. The van der Waals surface area contributed by atoms with Crippen molar-refractivity contribution in [3.05, 3.63) is 41.4 Å². The molecule has 112 valence electrons. The Bertz CT molecular complexity index is 723. The third-order valence-electron chi connectivity index (χ3n) is 4.52. The lowest BCUT2D eigenvalue weighted by molar-refractivity contribution is -0.127. The van der Waals surface area contributed by atoms with E-state index < -0.39 is 0 Å². The number of rotatable bonds is 2. The summed E-state index contributed by atoms with van der Waals surface area (Å²) in [6.45, 7) is 0. The minimum atomic E-state index is 0.0926. The van der Waals surface area contributed by atoms with Crippen molar-refractivity contribution in [1.29, 1.82) is 0 Å². The predicted octanol–water partition coefficient (Wildman–Crippen LogP) is 3.45. The van der Waals surface area contributed by atoms with Gasteiger partial charge < -0.3 is 0 Å². The van der Waals surface area contributed by atoms with Crippen LogP contribution in [-0.2, 0) is 4.79 Å². The Morgan fingerprint density at radius 2 is 1.86 bits per heavy atom. The van der Waals surface area contributed by atoms with Crippen molar-refractivity contribution in [2.24, 2.45) is 16.9 Å². The molecular formula is C17H17N3OS. The molecule has 0 spiro atoms. The van der Waals surface area contributed by atoms with Gasteiger partial charge in [-0.3, -0.25) is 9.78 Å². The highest BCUT2D eigenvalue weighted by Gasteiger charge is 2.38. The Kier molecular flexibility index (Phi) is 3.50. The van der Waals surface area contributed by atoms with E-state index in [4.69, 9.17) is 0 Å². The molecular weight excluding hydrogens is 294 g/mol. The molecule has 0 aromatic carbocycles. The van der Waals surface area contributed by atoms with Gasteiger partial charge in [0.05, 0.1) is 21.2 Å². The number of nitrogens with one attached hydrogen (secondary N) is 1. The van der Waals surface area contributed by atoms with Crippen LogP contribution in [0.4, 0.5) is 0 Å². The van der Waals surface area contributed by atoms with E-state index in [2.05, 4.69) is 27.6 Å². The van der Waals surface area contributed by atoms with Crippen LogP contribution in [0, 0.1) is 11.8 Å². The van der Waals surface area contributed by atoms with Crippen molar-refractivity contribution in [2.75, 3.05) is 0 Å². The number of amides is 1.